The van der Waals surface area contributed by atoms with Gasteiger partial charge in [-0.1, -0.05) is 45.2 Å². The van der Waals surface area contributed by atoms with E-state index in [9.17, 15) is 14.4 Å². The van der Waals surface area contributed by atoms with Crippen LogP contribution in [0.25, 0.3) is 6.08 Å². The first kappa shape index (κ1) is 25.4. The van der Waals surface area contributed by atoms with E-state index < -0.39 is 23.2 Å². The van der Waals surface area contributed by atoms with E-state index in [0.717, 1.165) is 22.2 Å². The van der Waals surface area contributed by atoms with Gasteiger partial charge in [-0.05, 0) is 60.2 Å². The van der Waals surface area contributed by atoms with E-state index >= 15 is 0 Å². The fraction of sp³-hybridized carbons (Fsp3) is 0.227. The molecule has 2 aromatic carbocycles. The number of hydrogen-bond acceptors (Lipinski definition) is 7. The molecule has 1 heterocycles. The van der Waals surface area contributed by atoms with E-state index in [1.165, 1.54) is 21.1 Å². The molecule has 0 aromatic heterocycles. The van der Waals surface area contributed by atoms with E-state index in [1.807, 2.05) is 0 Å². The third kappa shape index (κ3) is 5.66. The van der Waals surface area contributed by atoms with Crippen molar-refractivity contribution in [2.45, 2.75) is 19.6 Å². The second kappa shape index (κ2) is 10.8. The predicted molar refractivity (Wildman–Crippen MR) is 131 cm³/mol. The zero-order valence-corrected chi connectivity index (χ0v) is 21.6. The van der Waals surface area contributed by atoms with Crippen LogP contribution in [0.1, 0.15) is 18.1 Å². The minimum absolute atomic E-state index is 0.169. The first-order chi connectivity index (χ1) is 15.7. The Morgan fingerprint density at radius 1 is 1.15 bits per heavy atom. The van der Waals surface area contributed by atoms with Crippen molar-refractivity contribution in [3.63, 3.8) is 0 Å². The van der Waals surface area contributed by atoms with Gasteiger partial charge < -0.3 is 14.2 Å². The number of esters is 1. The number of ether oxygens (including phenoxy) is 3. The van der Waals surface area contributed by atoms with Crippen LogP contribution >= 0.6 is 50.9 Å². The van der Waals surface area contributed by atoms with E-state index in [1.54, 1.807) is 36.4 Å². The molecule has 0 bridgehead atoms. The molecule has 0 N–H and O–H groups in total. The Labute approximate surface area is 213 Å². The van der Waals surface area contributed by atoms with Gasteiger partial charge in [0.15, 0.2) is 11.5 Å². The summed E-state index contributed by atoms with van der Waals surface area (Å²) >= 11 is 16.2. The summed E-state index contributed by atoms with van der Waals surface area (Å²) in [4.78, 5) is 37.9. The molecular formula is C22H18BrCl2NO6S. The Kier molecular flexibility index (Phi) is 8.33. The largest absolute Gasteiger partial charge is 0.493 e. The maximum absolute atomic E-state index is 12.7. The molecule has 1 fully saturated rings. The standard InChI is InChI=1S/C22H18BrCl2NO6S/c1-11(21(28)31-3)26-20(27)19(33-22(26)29)8-13-7-17(30-2)18(9-14(13)23)32-10-12-4-5-15(24)16(25)6-12/h4-9,11H,10H2,1-3H3/b19-8+/t11-/m0/s1. The van der Waals surface area contributed by atoms with Gasteiger partial charge in [0.1, 0.15) is 12.6 Å². The number of rotatable bonds is 7. The highest BCUT2D eigenvalue weighted by atomic mass is 79.9. The summed E-state index contributed by atoms with van der Waals surface area (Å²) in [7, 11) is 2.69. The number of amides is 2. The molecule has 1 saturated heterocycles. The summed E-state index contributed by atoms with van der Waals surface area (Å²) in [6.45, 7) is 1.66. The second-order valence-corrected chi connectivity index (χ2v) is 9.47. The van der Waals surface area contributed by atoms with Crippen molar-refractivity contribution in [3.05, 3.63) is 60.9 Å². The summed E-state index contributed by atoms with van der Waals surface area (Å²) in [5, 5.41) is 0.334. The SMILES string of the molecule is COC(=O)[C@H](C)N1C(=O)S/C(=C/c2cc(OC)c(OCc3ccc(Cl)c(Cl)c3)cc2Br)C1=O. The topological polar surface area (TPSA) is 82.1 Å². The molecule has 1 atom stereocenters. The number of nitrogens with zero attached hydrogens (tertiary/aromatic N) is 1. The van der Waals surface area contributed by atoms with Gasteiger partial charge in [-0.25, -0.2) is 4.79 Å². The minimum Gasteiger partial charge on any atom is -0.493 e. The zero-order valence-electron chi connectivity index (χ0n) is 17.7. The molecule has 7 nitrogen and oxygen atoms in total. The lowest BCUT2D eigenvalue weighted by Gasteiger charge is -2.18. The van der Waals surface area contributed by atoms with E-state index in [-0.39, 0.29) is 11.5 Å². The number of thioether (sulfide) groups is 1. The molecule has 3 rings (SSSR count). The highest BCUT2D eigenvalue weighted by Crippen LogP contribution is 2.39. The van der Waals surface area contributed by atoms with Gasteiger partial charge in [0.05, 0.1) is 29.2 Å². The van der Waals surface area contributed by atoms with Crippen molar-refractivity contribution in [1.29, 1.82) is 0 Å². The third-order valence-electron chi connectivity index (χ3n) is 4.70. The molecule has 2 amide bonds. The molecule has 11 heteroatoms. The molecule has 0 radical (unpaired) electrons. The van der Waals surface area contributed by atoms with Crippen molar-refractivity contribution in [1.82, 2.24) is 4.90 Å². The average Bonchev–Trinajstić information content (AvgIpc) is 3.07. The minimum atomic E-state index is -1.02. The highest BCUT2D eigenvalue weighted by Gasteiger charge is 2.41. The van der Waals surface area contributed by atoms with Crippen LogP contribution in [0, 0.1) is 0 Å². The first-order valence-corrected chi connectivity index (χ1v) is 11.8. The van der Waals surface area contributed by atoms with Crippen LogP contribution in [0.5, 0.6) is 11.5 Å². The van der Waals surface area contributed by atoms with Gasteiger partial charge in [0.25, 0.3) is 11.1 Å². The van der Waals surface area contributed by atoms with E-state index in [2.05, 4.69) is 20.7 Å². The smallest absolute Gasteiger partial charge is 0.328 e. The number of hydrogen-bond donors (Lipinski definition) is 0. The Morgan fingerprint density at radius 3 is 2.52 bits per heavy atom. The molecule has 1 aliphatic rings. The summed E-state index contributed by atoms with van der Waals surface area (Å²) in [5.41, 5.74) is 1.41. The number of halogens is 3. The van der Waals surface area contributed by atoms with Crippen LogP contribution in [0.4, 0.5) is 4.79 Å². The van der Waals surface area contributed by atoms with Gasteiger partial charge in [-0.2, -0.15) is 0 Å². The summed E-state index contributed by atoms with van der Waals surface area (Å²) < 4.78 is 16.6. The molecule has 174 valence electrons. The Hall–Kier alpha value is -2.20. The normalized spacial score (nSPS) is 15.7. The molecular weight excluding hydrogens is 557 g/mol. The lowest BCUT2D eigenvalue weighted by Crippen LogP contribution is -2.42. The van der Waals surface area contributed by atoms with Crippen LogP contribution in [0.3, 0.4) is 0 Å². The zero-order chi connectivity index (χ0) is 24.3. The molecule has 0 unspecified atom stereocenters. The predicted octanol–water partition coefficient (Wildman–Crippen LogP) is 5.94. The fourth-order valence-corrected chi connectivity index (χ4v) is 4.61. The molecule has 33 heavy (non-hydrogen) atoms. The van der Waals surface area contributed by atoms with Gasteiger partial charge in [0, 0.05) is 4.47 Å². The van der Waals surface area contributed by atoms with Crippen LogP contribution in [0.2, 0.25) is 10.0 Å². The molecule has 2 aromatic rings. The van der Waals surface area contributed by atoms with E-state index in [0.29, 0.717) is 31.6 Å². The van der Waals surface area contributed by atoms with Crippen LogP contribution in [-0.2, 0) is 20.9 Å². The number of benzene rings is 2. The second-order valence-electron chi connectivity index (χ2n) is 6.81. The Morgan fingerprint density at radius 2 is 1.88 bits per heavy atom. The number of carbonyl (C=O) groups excluding carboxylic acids is 3. The van der Waals surface area contributed by atoms with Crippen LogP contribution in [-0.4, -0.2) is 42.3 Å². The summed E-state index contributed by atoms with van der Waals surface area (Å²) in [6, 6.07) is 7.55. The highest BCUT2D eigenvalue weighted by molar-refractivity contribution is 9.10. The van der Waals surface area contributed by atoms with Crippen LogP contribution < -0.4 is 9.47 Å². The quantitative estimate of drug-likeness (QED) is 0.299. The summed E-state index contributed by atoms with van der Waals surface area (Å²) in [6.07, 6.45) is 1.55. The molecule has 0 aliphatic carbocycles. The molecule has 0 saturated carbocycles. The number of imide groups is 1. The number of carbonyl (C=O) groups is 3. The van der Waals surface area contributed by atoms with Crippen molar-refractivity contribution >= 4 is 74.1 Å². The van der Waals surface area contributed by atoms with Crippen molar-refractivity contribution in [2.75, 3.05) is 14.2 Å². The van der Waals surface area contributed by atoms with Gasteiger partial charge in [0.2, 0.25) is 0 Å². The summed E-state index contributed by atoms with van der Waals surface area (Å²) in [5.74, 6) is -0.370. The lowest BCUT2D eigenvalue weighted by atomic mass is 10.1. The van der Waals surface area contributed by atoms with Crippen molar-refractivity contribution < 1.29 is 28.6 Å². The Balaban J connectivity index is 1.84. The Bertz CT molecular complexity index is 1160. The average molecular weight is 575 g/mol. The maximum Gasteiger partial charge on any atom is 0.328 e. The monoisotopic (exact) mass is 573 g/mol. The van der Waals surface area contributed by atoms with Gasteiger partial charge in [-0.3, -0.25) is 14.5 Å². The fourth-order valence-electron chi connectivity index (χ4n) is 2.96. The van der Waals surface area contributed by atoms with Crippen molar-refractivity contribution in [2.24, 2.45) is 0 Å². The third-order valence-corrected chi connectivity index (χ3v) is 7.01. The first-order valence-electron chi connectivity index (χ1n) is 9.45. The number of methoxy groups -OCH3 is 2. The van der Waals surface area contributed by atoms with Crippen molar-refractivity contribution in [3.8, 4) is 11.5 Å². The molecule has 0 spiro atoms. The lowest BCUT2D eigenvalue weighted by molar-refractivity contribution is -0.148. The van der Waals surface area contributed by atoms with Crippen LogP contribution in [0.15, 0.2) is 39.7 Å². The maximum atomic E-state index is 12.7. The van der Waals surface area contributed by atoms with Gasteiger partial charge in [-0.15, -0.1) is 0 Å². The van der Waals surface area contributed by atoms with E-state index in [4.69, 9.17) is 32.7 Å². The van der Waals surface area contributed by atoms with Gasteiger partial charge >= 0.3 is 5.97 Å². The molecule has 1 aliphatic heterocycles.